The molecule has 1 aromatic carbocycles. The Bertz CT molecular complexity index is 869. The lowest BCUT2D eigenvalue weighted by atomic mass is 10.1. The molecule has 162 valence electrons. The van der Waals surface area contributed by atoms with Crippen LogP contribution in [0.4, 0.5) is 4.79 Å². The standard InChI is InChI=1S/C19H26N6O5/c1-10(26)16(11(2)27)23-19(29)22-14(9-15(21)28)18-25-24-17(30-18)13(20)8-12-6-4-3-5-7-12/h3-7,10,13-14,16,26H,8-9,20H2,1-2H3,(H2,21,28)(H2,22,23,29)/t10?,13-,14-,16-/m0/s1. The first kappa shape index (κ1) is 23.0. The molecule has 1 heterocycles. The summed E-state index contributed by atoms with van der Waals surface area (Å²) < 4.78 is 5.57. The first-order valence-corrected chi connectivity index (χ1v) is 9.34. The highest BCUT2D eigenvalue weighted by atomic mass is 16.4. The highest BCUT2D eigenvalue weighted by Crippen LogP contribution is 2.20. The van der Waals surface area contributed by atoms with Crippen molar-refractivity contribution >= 4 is 17.7 Å². The quantitative estimate of drug-likeness (QED) is 0.353. The molecule has 30 heavy (non-hydrogen) atoms. The highest BCUT2D eigenvalue weighted by molar-refractivity contribution is 5.87. The number of aliphatic hydroxyl groups is 1. The molecule has 0 saturated carbocycles. The summed E-state index contributed by atoms with van der Waals surface area (Å²) in [6, 6.07) is 5.93. The Labute approximate surface area is 173 Å². The van der Waals surface area contributed by atoms with Crippen molar-refractivity contribution in [1.29, 1.82) is 0 Å². The van der Waals surface area contributed by atoms with Crippen molar-refractivity contribution in [2.75, 3.05) is 0 Å². The molecule has 0 aliphatic rings. The van der Waals surface area contributed by atoms with Gasteiger partial charge in [-0.05, 0) is 25.8 Å². The Morgan fingerprint density at radius 3 is 2.33 bits per heavy atom. The van der Waals surface area contributed by atoms with Gasteiger partial charge in [0.2, 0.25) is 17.7 Å². The minimum absolute atomic E-state index is 0.0566. The normalized spacial score (nSPS) is 14.9. The molecule has 3 amide bonds. The molecule has 4 atom stereocenters. The number of rotatable bonds is 10. The van der Waals surface area contributed by atoms with Crippen LogP contribution < -0.4 is 22.1 Å². The average molecular weight is 418 g/mol. The summed E-state index contributed by atoms with van der Waals surface area (Å²) in [5.41, 5.74) is 12.4. The molecule has 0 aliphatic carbocycles. The molecule has 0 bridgehead atoms. The van der Waals surface area contributed by atoms with Crippen LogP contribution in [0, 0.1) is 0 Å². The number of carbonyl (C=O) groups excluding carboxylic acids is 3. The van der Waals surface area contributed by atoms with Crippen LogP contribution in [-0.2, 0) is 16.0 Å². The molecule has 0 radical (unpaired) electrons. The van der Waals surface area contributed by atoms with Crippen LogP contribution in [0.25, 0.3) is 0 Å². The van der Waals surface area contributed by atoms with Crippen LogP contribution in [0.2, 0.25) is 0 Å². The molecule has 11 nitrogen and oxygen atoms in total. The maximum Gasteiger partial charge on any atom is 0.316 e. The monoisotopic (exact) mass is 418 g/mol. The zero-order valence-corrected chi connectivity index (χ0v) is 16.7. The topological polar surface area (TPSA) is 186 Å². The van der Waals surface area contributed by atoms with Crippen molar-refractivity contribution in [3.63, 3.8) is 0 Å². The smallest absolute Gasteiger partial charge is 0.316 e. The molecule has 7 N–H and O–H groups in total. The number of nitrogens with two attached hydrogens (primary N) is 2. The number of nitrogens with one attached hydrogen (secondary N) is 2. The Morgan fingerprint density at radius 1 is 1.13 bits per heavy atom. The number of amides is 3. The fourth-order valence-electron chi connectivity index (χ4n) is 2.80. The van der Waals surface area contributed by atoms with Crippen LogP contribution in [-0.4, -0.2) is 45.2 Å². The van der Waals surface area contributed by atoms with Crippen LogP contribution in [0.15, 0.2) is 34.7 Å². The van der Waals surface area contributed by atoms with E-state index in [1.54, 1.807) is 0 Å². The van der Waals surface area contributed by atoms with Crippen LogP contribution in [0.1, 0.15) is 49.7 Å². The van der Waals surface area contributed by atoms with E-state index in [4.69, 9.17) is 15.9 Å². The number of ketones is 1. The third-order valence-corrected chi connectivity index (χ3v) is 4.29. The third kappa shape index (κ3) is 6.64. The van der Waals surface area contributed by atoms with Gasteiger partial charge in [-0.3, -0.25) is 9.59 Å². The van der Waals surface area contributed by atoms with Gasteiger partial charge < -0.3 is 31.6 Å². The van der Waals surface area contributed by atoms with Gasteiger partial charge in [0.25, 0.3) is 0 Å². The van der Waals surface area contributed by atoms with Crippen molar-refractivity contribution < 1.29 is 23.9 Å². The second kappa shape index (κ2) is 10.5. The molecule has 0 saturated heterocycles. The molecule has 2 rings (SSSR count). The lowest BCUT2D eigenvalue weighted by Crippen LogP contribution is -2.51. The summed E-state index contributed by atoms with van der Waals surface area (Å²) in [5.74, 6) is -1.07. The van der Waals surface area contributed by atoms with Gasteiger partial charge in [-0.2, -0.15) is 0 Å². The van der Waals surface area contributed by atoms with Gasteiger partial charge >= 0.3 is 6.03 Å². The van der Waals surface area contributed by atoms with E-state index in [2.05, 4.69) is 20.8 Å². The number of primary amides is 1. The first-order valence-electron chi connectivity index (χ1n) is 9.34. The summed E-state index contributed by atoms with van der Waals surface area (Å²) in [5, 5.41) is 22.2. The Kier molecular flexibility index (Phi) is 8.01. The zero-order valence-electron chi connectivity index (χ0n) is 16.7. The Morgan fingerprint density at radius 2 is 1.77 bits per heavy atom. The van der Waals surface area contributed by atoms with E-state index in [-0.39, 0.29) is 18.2 Å². The van der Waals surface area contributed by atoms with Crippen molar-refractivity contribution in [2.45, 2.75) is 50.9 Å². The lowest BCUT2D eigenvalue weighted by Gasteiger charge is -2.21. The summed E-state index contributed by atoms with van der Waals surface area (Å²) in [4.78, 5) is 35.2. The molecule has 0 aliphatic heterocycles. The van der Waals surface area contributed by atoms with Crippen LogP contribution in [0.5, 0.6) is 0 Å². The maximum absolute atomic E-state index is 12.3. The van der Waals surface area contributed by atoms with Crippen molar-refractivity contribution in [1.82, 2.24) is 20.8 Å². The van der Waals surface area contributed by atoms with Gasteiger partial charge in [-0.25, -0.2) is 4.79 Å². The molecule has 1 aromatic heterocycles. The number of hydrogen-bond acceptors (Lipinski definition) is 8. The summed E-state index contributed by atoms with van der Waals surface area (Å²) in [6.45, 7) is 2.60. The van der Waals surface area contributed by atoms with Crippen molar-refractivity contribution in [3.05, 3.63) is 47.7 Å². The highest BCUT2D eigenvalue weighted by Gasteiger charge is 2.27. The van der Waals surface area contributed by atoms with Crippen molar-refractivity contribution in [2.24, 2.45) is 11.5 Å². The van der Waals surface area contributed by atoms with E-state index in [1.807, 2.05) is 30.3 Å². The number of nitrogens with zero attached hydrogens (tertiary/aromatic N) is 2. The SMILES string of the molecule is CC(=O)[C@@H](NC(=O)N[C@@H](CC(N)=O)c1nnc([C@@H](N)Cc2ccccc2)o1)C(C)O. The molecule has 2 aromatic rings. The van der Waals surface area contributed by atoms with Crippen LogP contribution >= 0.6 is 0 Å². The van der Waals surface area contributed by atoms with Crippen LogP contribution in [0.3, 0.4) is 0 Å². The summed E-state index contributed by atoms with van der Waals surface area (Å²) in [7, 11) is 0. The Balaban J connectivity index is 2.10. The zero-order chi connectivity index (χ0) is 22.3. The molecular weight excluding hydrogens is 392 g/mol. The van der Waals surface area contributed by atoms with E-state index in [0.29, 0.717) is 6.42 Å². The second-order valence-electron chi connectivity index (χ2n) is 6.94. The number of carbonyl (C=O) groups is 3. The largest absolute Gasteiger partial charge is 0.421 e. The second-order valence-corrected chi connectivity index (χ2v) is 6.94. The molecule has 0 spiro atoms. The molecule has 0 fully saturated rings. The Hall–Kier alpha value is -3.31. The summed E-state index contributed by atoms with van der Waals surface area (Å²) in [6.07, 6.45) is -0.970. The number of hydrogen-bond donors (Lipinski definition) is 5. The van der Waals surface area contributed by atoms with Gasteiger partial charge in [-0.1, -0.05) is 30.3 Å². The molecule has 1 unspecified atom stereocenters. The average Bonchev–Trinajstić information content (AvgIpc) is 3.16. The van der Waals surface area contributed by atoms with Crippen molar-refractivity contribution in [3.8, 4) is 0 Å². The number of aliphatic hydroxyl groups excluding tert-OH is 1. The first-order chi connectivity index (χ1) is 14.2. The summed E-state index contributed by atoms with van der Waals surface area (Å²) >= 11 is 0. The third-order valence-electron chi connectivity index (χ3n) is 4.29. The number of benzene rings is 1. The fraction of sp³-hybridized carbons (Fsp3) is 0.421. The van der Waals surface area contributed by atoms with Gasteiger partial charge in [0, 0.05) is 0 Å². The van der Waals surface area contributed by atoms with E-state index < -0.39 is 42.0 Å². The van der Waals surface area contributed by atoms with E-state index in [0.717, 1.165) is 5.56 Å². The maximum atomic E-state index is 12.3. The molecular formula is C19H26N6O5. The number of urea groups is 1. The number of Topliss-reactive ketones (excluding diaryl/α,β-unsaturated/α-hetero) is 1. The lowest BCUT2D eigenvalue weighted by molar-refractivity contribution is -0.121. The molecule has 11 heteroatoms. The fourth-order valence-corrected chi connectivity index (χ4v) is 2.80. The van der Waals surface area contributed by atoms with E-state index in [9.17, 15) is 19.5 Å². The predicted molar refractivity (Wildman–Crippen MR) is 106 cm³/mol. The van der Waals surface area contributed by atoms with Gasteiger partial charge in [0.05, 0.1) is 18.6 Å². The van der Waals surface area contributed by atoms with Gasteiger partial charge in [-0.15, -0.1) is 10.2 Å². The van der Waals surface area contributed by atoms with Gasteiger partial charge in [0.15, 0.2) is 5.78 Å². The number of aromatic nitrogens is 2. The predicted octanol–water partition coefficient (Wildman–Crippen LogP) is -0.134. The van der Waals surface area contributed by atoms with E-state index >= 15 is 0 Å². The van der Waals surface area contributed by atoms with E-state index in [1.165, 1.54) is 13.8 Å². The minimum Gasteiger partial charge on any atom is -0.421 e. The van der Waals surface area contributed by atoms with Gasteiger partial charge in [0.1, 0.15) is 12.1 Å². The minimum atomic E-state index is -1.11.